The number of amides is 1. The van der Waals surface area contributed by atoms with Gasteiger partial charge in [0, 0.05) is 25.3 Å². The highest BCUT2D eigenvalue weighted by Crippen LogP contribution is 2.19. The van der Waals surface area contributed by atoms with Gasteiger partial charge in [0.25, 0.3) is 5.91 Å². The Morgan fingerprint density at radius 2 is 2.19 bits per heavy atom. The number of carbonyl (C=O) groups is 1. The van der Waals surface area contributed by atoms with Crippen LogP contribution < -0.4 is 0 Å². The predicted molar refractivity (Wildman–Crippen MR) is 97.2 cm³/mol. The fourth-order valence-electron chi connectivity index (χ4n) is 3.08. The second-order valence-electron chi connectivity index (χ2n) is 6.25. The summed E-state index contributed by atoms with van der Waals surface area (Å²) in [5.41, 5.74) is 2.61. The average molecular weight is 369 g/mol. The lowest BCUT2D eigenvalue weighted by atomic mass is 10.1. The molecule has 7 nitrogen and oxygen atoms in total. The number of nitrogens with zero attached hydrogens (tertiary/aromatic N) is 5. The topological polar surface area (TPSA) is 73.1 Å². The maximum absolute atomic E-state index is 13.1. The van der Waals surface area contributed by atoms with Gasteiger partial charge < -0.3 is 9.64 Å². The molecule has 0 N–H and O–H groups in total. The molecule has 0 saturated carbocycles. The standard InChI is InChI=1S/C18H19N5O2S/c24-18(15-3-5-16(6-4-15)23-13-19-20-21-23)22(10-14-7-9-26-12-14)11-17-2-1-8-25-17/h3-7,9,12-13,17H,1-2,8,10-11H2/t17-/m0/s1. The van der Waals surface area contributed by atoms with Crippen LogP contribution in [-0.4, -0.2) is 50.3 Å². The summed E-state index contributed by atoms with van der Waals surface area (Å²) in [6.45, 7) is 1.99. The van der Waals surface area contributed by atoms with Crippen LogP contribution in [0, 0.1) is 0 Å². The molecule has 0 radical (unpaired) electrons. The third kappa shape index (κ3) is 3.81. The first-order valence-corrected chi connectivity index (χ1v) is 9.49. The summed E-state index contributed by atoms with van der Waals surface area (Å²) >= 11 is 1.64. The molecule has 1 aromatic carbocycles. The molecule has 3 aromatic rings. The summed E-state index contributed by atoms with van der Waals surface area (Å²) in [6.07, 6.45) is 3.72. The van der Waals surface area contributed by atoms with Crippen LogP contribution in [0.25, 0.3) is 5.69 Å². The van der Waals surface area contributed by atoms with Gasteiger partial charge in [-0.15, -0.1) is 5.10 Å². The van der Waals surface area contributed by atoms with E-state index in [-0.39, 0.29) is 12.0 Å². The predicted octanol–water partition coefficient (Wildman–Crippen LogP) is 2.55. The number of tetrazole rings is 1. The van der Waals surface area contributed by atoms with Crippen LogP contribution in [0.5, 0.6) is 0 Å². The van der Waals surface area contributed by atoms with E-state index in [4.69, 9.17) is 4.74 Å². The van der Waals surface area contributed by atoms with Crippen molar-refractivity contribution >= 4 is 17.2 Å². The molecule has 0 aliphatic carbocycles. The zero-order valence-electron chi connectivity index (χ0n) is 14.2. The highest BCUT2D eigenvalue weighted by Gasteiger charge is 2.23. The normalized spacial score (nSPS) is 16.7. The third-order valence-electron chi connectivity index (χ3n) is 4.42. The van der Waals surface area contributed by atoms with Crippen LogP contribution in [0.2, 0.25) is 0 Å². The molecule has 1 aliphatic heterocycles. The van der Waals surface area contributed by atoms with Gasteiger partial charge in [-0.3, -0.25) is 4.79 Å². The summed E-state index contributed by atoms with van der Waals surface area (Å²) in [4.78, 5) is 15.0. The second kappa shape index (κ2) is 7.76. The van der Waals surface area contributed by atoms with Crippen molar-refractivity contribution in [3.05, 3.63) is 58.5 Å². The minimum Gasteiger partial charge on any atom is -0.376 e. The highest BCUT2D eigenvalue weighted by atomic mass is 32.1. The molecule has 134 valence electrons. The van der Waals surface area contributed by atoms with Crippen molar-refractivity contribution in [1.29, 1.82) is 0 Å². The van der Waals surface area contributed by atoms with Crippen molar-refractivity contribution in [3.63, 3.8) is 0 Å². The van der Waals surface area contributed by atoms with E-state index >= 15 is 0 Å². The number of aromatic nitrogens is 4. The summed E-state index contributed by atoms with van der Waals surface area (Å²) in [6, 6.07) is 9.38. The zero-order valence-corrected chi connectivity index (χ0v) is 15.0. The lowest BCUT2D eigenvalue weighted by Gasteiger charge is -2.25. The Morgan fingerprint density at radius 3 is 2.85 bits per heavy atom. The van der Waals surface area contributed by atoms with E-state index in [2.05, 4.69) is 27.0 Å². The molecule has 4 rings (SSSR count). The Morgan fingerprint density at radius 1 is 1.31 bits per heavy atom. The van der Waals surface area contributed by atoms with Crippen LogP contribution in [0.1, 0.15) is 28.8 Å². The molecule has 0 bridgehead atoms. The lowest BCUT2D eigenvalue weighted by molar-refractivity contribution is 0.0507. The molecule has 2 aromatic heterocycles. The quantitative estimate of drug-likeness (QED) is 0.668. The maximum atomic E-state index is 13.1. The van der Waals surface area contributed by atoms with E-state index in [9.17, 15) is 4.79 Å². The molecule has 1 amide bonds. The maximum Gasteiger partial charge on any atom is 0.254 e. The molecule has 1 atom stereocenters. The Kier molecular flexibility index (Phi) is 5.03. The van der Waals surface area contributed by atoms with E-state index in [1.807, 2.05) is 34.5 Å². The van der Waals surface area contributed by atoms with Crippen LogP contribution >= 0.6 is 11.3 Å². The van der Waals surface area contributed by atoms with Crippen LogP contribution in [0.15, 0.2) is 47.4 Å². The van der Waals surface area contributed by atoms with E-state index < -0.39 is 0 Å². The molecule has 26 heavy (non-hydrogen) atoms. The van der Waals surface area contributed by atoms with Crippen molar-refractivity contribution in [1.82, 2.24) is 25.1 Å². The summed E-state index contributed by atoms with van der Waals surface area (Å²) < 4.78 is 7.30. The monoisotopic (exact) mass is 369 g/mol. The Labute approximate surface area is 155 Å². The molecule has 0 spiro atoms. The third-order valence-corrected chi connectivity index (χ3v) is 5.15. The Balaban J connectivity index is 1.52. The summed E-state index contributed by atoms with van der Waals surface area (Å²) in [5.74, 6) is 0.00923. The molecular weight excluding hydrogens is 350 g/mol. The number of carbonyl (C=O) groups excluding carboxylic acids is 1. The van der Waals surface area contributed by atoms with Gasteiger partial charge in [0.1, 0.15) is 6.33 Å². The molecular formula is C18H19N5O2S. The van der Waals surface area contributed by atoms with Crippen molar-refractivity contribution < 1.29 is 9.53 Å². The summed E-state index contributed by atoms with van der Waals surface area (Å²) in [7, 11) is 0. The lowest BCUT2D eigenvalue weighted by Crippen LogP contribution is -2.36. The Bertz CT molecular complexity index is 827. The second-order valence-corrected chi connectivity index (χ2v) is 7.03. The first kappa shape index (κ1) is 16.9. The molecule has 1 aliphatic rings. The molecule has 3 heterocycles. The molecule has 8 heteroatoms. The number of ether oxygens (including phenoxy) is 1. The first-order valence-electron chi connectivity index (χ1n) is 8.55. The fraction of sp³-hybridized carbons (Fsp3) is 0.333. The molecule has 0 unspecified atom stereocenters. The zero-order chi connectivity index (χ0) is 17.8. The van der Waals surface area contributed by atoms with Crippen molar-refractivity contribution in [3.8, 4) is 5.69 Å². The van der Waals surface area contributed by atoms with Crippen LogP contribution in [0.4, 0.5) is 0 Å². The minimum absolute atomic E-state index is 0.00923. The summed E-state index contributed by atoms with van der Waals surface area (Å²) in [5, 5.41) is 15.2. The van der Waals surface area contributed by atoms with Gasteiger partial charge in [-0.2, -0.15) is 11.3 Å². The number of hydrogen-bond acceptors (Lipinski definition) is 6. The SMILES string of the molecule is O=C(c1ccc(-n2cnnn2)cc1)N(Cc1ccsc1)C[C@@H]1CCCO1. The van der Waals surface area contributed by atoms with Gasteiger partial charge >= 0.3 is 0 Å². The van der Waals surface area contributed by atoms with Gasteiger partial charge in [0.2, 0.25) is 0 Å². The van der Waals surface area contributed by atoms with Crippen LogP contribution in [-0.2, 0) is 11.3 Å². The average Bonchev–Trinajstić information content (AvgIpc) is 3.43. The van der Waals surface area contributed by atoms with Crippen LogP contribution in [0.3, 0.4) is 0 Å². The Hall–Kier alpha value is -2.58. The van der Waals surface area contributed by atoms with Crippen molar-refractivity contribution in [2.24, 2.45) is 0 Å². The number of benzene rings is 1. The first-order chi connectivity index (χ1) is 12.8. The fourth-order valence-corrected chi connectivity index (χ4v) is 3.74. The van der Waals surface area contributed by atoms with E-state index in [1.54, 1.807) is 16.0 Å². The highest BCUT2D eigenvalue weighted by molar-refractivity contribution is 7.07. The van der Waals surface area contributed by atoms with Crippen molar-refractivity contribution in [2.45, 2.75) is 25.5 Å². The van der Waals surface area contributed by atoms with E-state index in [0.29, 0.717) is 18.7 Å². The number of hydrogen-bond donors (Lipinski definition) is 0. The van der Waals surface area contributed by atoms with E-state index in [1.165, 1.54) is 6.33 Å². The minimum atomic E-state index is 0.00923. The van der Waals surface area contributed by atoms with Gasteiger partial charge in [-0.1, -0.05) is 0 Å². The van der Waals surface area contributed by atoms with Gasteiger partial charge in [-0.25, -0.2) is 4.68 Å². The smallest absolute Gasteiger partial charge is 0.254 e. The van der Waals surface area contributed by atoms with Gasteiger partial charge in [0.15, 0.2) is 0 Å². The van der Waals surface area contributed by atoms with Gasteiger partial charge in [0.05, 0.1) is 11.8 Å². The molecule has 1 fully saturated rings. The van der Waals surface area contributed by atoms with Gasteiger partial charge in [-0.05, 0) is 69.9 Å². The van der Waals surface area contributed by atoms with E-state index in [0.717, 1.165) is 30.7 Å². The van der Waals surface area contributed by atoms with Crippen molar-refractivity contribution in [2.75, 3.05) is 13.2 Å². The largest absolute Gasteiger partial charge is 0.376 e. The number of thiophene rings is 1. The number of rotatable bonds is 6. The molecule has 1 saturated heterocycles.